The fourth-order valence-corrected chi connectivity index (χ4v) is 1.42. The minimum absolute atomic E-state index is 0.0667. The Kier molecular flexibility index (Phi) is 3.37. The number of nitriles is 2. The van der Waals surface area contributed by atoms with Crippen LogP contribution in [0.4, 0.5) is 11.6 Å². The van der Waals surface area contributed by atoms with Crippen LogP contribution < -0.4 is 5.56 Å². The third-order valence-electron chi connectivity index (χ3n) is 2.05. The summed E-state index contributed by atoms with van der Waals surface area (Å²) in [6.07, 6.45) is 0. The number of aromatic nitrogens is 4. The molecule has 0 radical (unpaired) electrons. The first kappa shape index (κ1) is 13.1. The molecule has 4 N–H and O–H groups in total. The van der Waals surface area contributed by atoms with E-state index in [2.05, 4.69) is 42.4 Å². The topological polar surface area (TPSA) is 170 Å². The predicted molar refractivity (Wildman–Crippen MR) is 66.1 cm³/mol. The van der Waals surface area contributed by atoms with Crippen molar-refractivity contribution in [2.45, 2.75) is 0 Å². The van der Waals surface area contributed by atoms with Crippen LogP contribution in [0.1, 0.15) is 11.4 Å². The van der Waals surface area contributed by atoms with Gasteiger partial charge in [0, 0.05) is 0 Å². The fourth-order valence-electron chi connectivity index (χ4n) is 1.23. The fraction of sp³-hybridized carbons (Fsp3) is 0. The lowest BCUT2D eigenvalue weighted by atomic mass is 10.4. The highest BCUT2D eigenvalue weighted by Gasteiger charge is 2.10. The molecule has 0 saturated heterocycles. The van der Waals surface area contributed by atoms with Crippen molar-refractivity contribution in [2.75, 3.05) is 0 Å². The Morgan fingerprint density at radius 1 is 1.20 bits per heavy atom. The van der Waals surface area contributed by atoms with Crippen LogP contribution in [-0.2, 0) is 0 Å². The maximum atomic E-state index is 11.5. The molecule has 0 aliphatic carbocycles. The monoisotopic (exact) mass is 288 g/mol. The molecule has 0 aromatic carbocycles. The lowest BCUT2D eigenvalue weighted by molar-refractivity contribution is 0.451. The Morgan fingerprint density at radius 3 is 2.50 bits per heavy atom. The van der Waals surface area contributed by atoms with E-state index in [4.69, 9.17) is 10.5 Å². The first-order chi connectivity index (χ1) is 9.55. The summed E-state index contributed by atoms with van der Waals surface area (Å²) in [4.78, 5) is 22.1. The summed E-state index contributed by atoms with van der Waals surface area (Å²) >= 11 is 4.64. The second kappa shape index (κ2) is 5.13. The molecule has 20 heavy (non-hydrogen) atoms. The highest BCUT2D eigenvalue weighted by molar-refractivity contribution is 7.71. The lowest BCUT2D eigenvalue weighted by Crippen LogP contribution is -2.06. The number of rotatable bonds is 2. The van der Waals surface area contributed by atoms with Gasteiger partial charge in [0.1, 0.15) is 12.1 Å². The van der Waals surface area contributed by atoms with Crippen molar-refractivity contribution < 1.29 is 5.11 Å². The van der Waals surface area contributed by atoms with Gasteiger partial charge in [-0.25, -0.2) is 0 Å². The summed E-state index contributed by atoms with van der Waals surface area (Å²) in [5.74, 6) is -0.714. The zero-order chi connectivity index (χ0) is 14.7. The lowest BCUT2D eigenvalue weighted by Gasteiger charge is -1.94. The van der Waals surface area contributed by atoms with Gasteiger partial charge in [-0.15, -0.1) is 10.2 Å². The highest BCUT2D eigenvalue weighted by Crippen LogP contribution is 2.20. The number of aromatic amines is 3. The van der Waals surface area contributed by atoms with Crippen LogP contribution in [0.15, 0.2) is 15.0 Å². The molecule has 0 saturated carbocycles. The number of H-pyrrole nitrogens is 3. The van der Waals surface area contributed by atoms with Gasteiger partial charge in [-0.2, -0.15) is 15.5 Å². The summed E-state index contributed by atoms with van der Waals surface area (Å²) in [5.41, 5.74) is -1.38. The van der Waals surface area contributed by atoms with E-state index >= 15 is 0 Å². The molecule has 0 fully saturated rings. The Balaban J connectivity index is 2.43. The van der Waals surface area contributed by atoms with Crippen molar-refractivity contribution in [3.8, 4) is 18.0 Å². The average Bonchev–Trinajstić information content (AvgIpc) is 2.79. The molecule has 0 bridgehead atoms. The van der Waals surface area contributed by atoms with Crippen LogP contribution >= 0.6 is 12.2 Å². The van der Waals surface area contributed by atoms with Crippen molar-refractivity contribution in [1.29, 1.82) is 10.5 Å². The standard InChI is InChI=1S/C9H4N8O2S/c10-1-3-4(2-11)13-8(12-3)17-16-5-6(18)14-9(20)15-7(5)19/h(H,12,13)(H3,14,15,18,19,20). The number of aromatic hydroxyl groups is 1. The SMILES string of the molecule is N#Cc1nc(N=Nc2c(O)[nH]c(=S)[nH]c2=O)[nH]c1C#N. The zero-order valence-corrected chi connectivity index (χ0v) is 10.3. The van der Waals surface area contributed by atoms with Crippen molar-refractivity contribution in [2.24, 2.45) is 10.2 Å². The Hall–Kier alpha value is -3.31. The normalized spacial score (nSPS) is 10.3. The van der Waals surface area contributed by atoms with Gasteiger partial charge in [-0.3, -0.25) is 9.78 Å². The molecule has 0 amide bonds. The van der Waals surface area contributed by atoms with Crippen molar-refractivity contribution in [3.63, 3.8) is 0 Å². The zero-order valence-electron chi connectivity index (χ0n) is 9.50. The van der Waals surface area contributed by atoms with Gasteiger partial charge in [0.2, 0.25) is 17.5 Å². The second-order valence-corrected chi connectivity index (χ2v) is 3.72. The molecule has 2 aromatic heterocycles. The molecular weight excluding hydrogens is 284 g/mol. The van der Waals surface area contributed by atoms with Crippen molar-refractivity contribution >= 4 is 23.9 Å². The van der Waals surface area contributed by atoms with E-state index in [1.165, 1.54) is 0 Å². The highest BCUT2D eigenvalue weighted by atomic mass is 32.1. The van der Waals surface area contributed by atoms with E-state index in [0.717, 1.165) is 0 Å². The van der Waals surface area contributed by atoms with Gasteiger partial charge in [-0.1, -0.05) is 0 Å². The Morgan fingerprint density at radius 2 is 1.95 bits per heavy atom. The van der Waals surface area contributed by atoms with Crippen LogP contribution in [0.3, 0.4) is 0 Å². The number of azo groups is 1. The summed E-state index contributed by atoms with van der Waals surface area (Å²) in [6, 6.07) is 3.41. The molecule has 2 aromatic rings. The molecule has 10 nitrogen and oxygen atoms in total. The van der Waals surface area contributed by atoms with Gasteiger partial charge in [0.15, 0.2) is 16.2 Å². The summed E-state index contributed by atoms with van der Waals surface area (Å²) in [6.45, 7) is 0. The summed E-state index contributed by atoms with van der Waals surface area (Å²) < 4.78 is -0.0667. The van der Waals surface area contributed by atoms with Crippen LogP contribution in [0.25, 0.3) is 0 Å². The Labute approximate surface area is 115 Å². The number of imidazole rings is 1. The first-order valence-corrected chi connectivity index (χ1v) is 5.33. The molecule has 0 spiro atoms. The molecule has 0 atom stereocenters. The number of hydrogen-bond acceptors (Lipinski definition) is 8. The van der Waals surface area contributed by atoms with E-state index in [-0.39, 0.29) is 22.1 Å². The third-order valence-corrected chi connectivity index (χ3v) is 2.26. The minimum atomic E-state index is -0.748. The molecule has 2 rings (SSSR count). The first-order valence-electron chi connectivity index (χ1n) is 4.92. The average molecular weight is 288 g/mol. The van der Waals surface area contributed by atoms with E-state index < -0.39 is 17.1 Å². The van der Waals surface area contributed by atoms with Gasteiger partial charge >= 0.3 is 0 Å². The third kappa shape index (κ3) is 2.43. The van der Waals surface area contributed by atoms with Gasteiger partial charge in [0.05, 0.1) is 0 Å². The van der Waals surface area contributed by atoms with E-state index in [9.17, 15) is 9.90 Å². The minimum Gasteiger partial charge on any atom is -0.493 e. The smallest absolute Gasteiger partial charge is 0.283 e. The summed E-state index contributed by atoms with van der Waals surface area (Å²) in [7, 11) is 0. The van der Waals surface area contributed by atoms with Crippen LogP contribution in [-0.4, -0.2) is 25.0 Å². The van der Waals surface area contributed by atoms with Crippen LogP contribution in [0.2, 0.25) is 0 Å². The molecular formula is C9H4N8O2S. The number of nitrogens with one attached hydrogen (secondary N) is 3. The molecule has 11 heteroatoms. The van der Waals surface area contributed by atoms with Gasteiger partial charge < -0.3 is 15.1 Å². The predicted octanol–water partition coefficient (Wildman–Crippen LogP) is 1.02. The van der Waals surface area contributed by atoms with Crippen LogP contribution in [0.5, 0.6) is 5.88 Å². The van der Waals surface area contributed by atoms with Crippen molar-refractivity contribution in [1.82, 2.24) is 19.9 Å². The molecule has 0 aliphatic rings. The second-order valence-electron chi connectivity index (χ2n) is 3.31. The largest absolute Gasteiger partial charge is 0.493 e. The number of hydrogen-bond donors (Lipinski definition) is 4. The number of nitrogens with zero attached hydrogens (tertiary/aromatic N) is 5. The van der Waals surface area contributed by atoms with E-state index in [0.29, 0.717) is 0 Å². The van der Waals surface area contributed by atoms with Gasteiger partial charge in [0.25, 0.3) is 5.56 Å². The molecule has 0 unspecified atom stereocenters. The maximum Gasteiger partial charge on any atom is 0.283 e. The van der Waals surface area contributed by atoms with E-state index in [1.807, 2.05) is 0 Å². The van der Waals surface area contributed by atoms with Crippen molar-refractivity contribution in [3.05, 3.63) is 26.5 Å². The maximum absolute atomic E-state index is 11.5. The van der Waals surface area contributed by atoms with E-state index in [1.54, 1.807) is 12.1 Å². The Bertz CT molecular complexity index is 859. The molecule has 98 valence electrons. The van der Waals surface area contributed by atoms with Gasteiger partial charge in [-0.05, 0) is 12.2 Å². The molecule has 2 heterocycles. The quantitative estimate of drug-likeness (QED) is 0.474. The molecule has 0 aliphatic heterocycles. The van der Waals surface area contributed by atoms with Crippen LogP contribution in [0, 0.1) is 27.4 Å². The summed E-state index contributed by atoms with van der Waals surface area (Å²) in [5, 5.41) is 33.9.